The second-order valence-electron chi connectivity index (χ2n) is 4.43. The summed E-state index contributed by atoms with van der Waals surface area (Å²) < 4.78 is 5.13. The highest BCUT2D eigenvalue weighted by atomic mass is 16.5. The number of carbonyl (C=O) groups excluding carboxylic acids is 1. The van der Waals surface area contributed by atoms with Gasteiger partial charge in [0.2, 0.25) is 0 Å². The minimum atomic E-state index is -0.631. The SMILES string of the molecule is COc1ccc(C(=O)[C@H](N)c2ccccc2)c(C)c1. The Labute approximate surface area is 113 Å². The summed E-state index contributed by atoms with van der Waals surface area (Å²) >= 11 is 0. The maximum Gasteiger partial charge on any atom is 0.184 e. The van der Waals surface area contributed by atoms with Gasteiger partial charge >= 0.3 is 0 Å². The Hall–Kier alpha value is -2.13. The lowest BCUT2D eigenvalue weighted by atomic mass is 9.95. The van der Waals surface area contributed by atoms with Crippen molar-refractivity contribution in [3.63, 3.8) is 0 Å². The van der Waals surface area contributed by atoms with E-state index in [1.165, 1.54) is 0 Å². The third kappa shape index (κ3) is 2.83. The molecular weight excluding hydrogens is 238 g/mol. The largest absolute Gasteiger partial charge is 0.497 e. The fourth-order valence-electron chi connectivity index (χ4n) is 2.02. The number of aryl methyl sites for hydroxylation is 1. The van der Waals surface area contributed by atoms with Crippen LogP contribution in [0.15, 0.2) is 48.5 Å². The first-order valence-electron chi connectivity index (χ1n) is 6.13. The third-order valence-electron chi connectivity index (χ3n) is 3.14. The van der Waals surface area contributed by atoms with E-state index in [-0.39, 0.29) is 5.78 Å². The number of hydrogen-bond acceptors (Lipinski definition) is 3. The average Bonchev–Trinajstić information content (AvgIpc) is 2.46. The molecule has 0 saturated carbocycles. The zero-order valence-electron chi connectivity index (χ0n) is 11.1. The van der Waals surface area contributed by atoms with E-state index in [1.54, 1.807) is 19.2 Å². The Morgan fingerprint density at radius 2 is 1.84 bits per heavy atom. The van der Waals surface area contributed by atoms with Gasteiger partial charge in [0.05, 0.1) is 13.2 Å². The molecular formula is C16H17NO2. The summed E-state index contributed by atoms with van der Waals surface area (Å²) in [6.45, 7) is 1.88. The third-order valence-corrected chi connectivity index (χ3v) is 3.14. The average molecular weight is 255 g/mol. The van der Waals surface area contributed by atoms with E-state index < -0.39 is 6.04 Å². The first-order chi connectivity index (χ1) is 9.13. The standard InChI is InChI=1S/C16H17NO2/c1-11-10-13(19-2)8-9-14(11)16(18)15(17)12-6-4-3-5-7-12/h3-10,15H,17H2,1-2H3/t15-/m1/s1. The molecule has 0 radical (unpaired) electrons. The molecule has 0 heterocycles. The number of hydrogen-bond donors (Lipinski definition) is 1. The fraction of sp³-hybridized carbons (Fsp3) is 0.188. The molecule has 0 spiro atoms. The monoisotopic (exact) mass is 255 g/mol. The number of rotatable bonds is 4. The number of Topliss-reactive ketones (excluding diaryl/α,β-unsaturated/α-hetero) is 1. The first kappa shape index (κ1) is 13.3. The lowest BCUT2D eigenvalue weighted by Crippen LogP contribution is -2.22. The molecule has 0 aliphatic rings. The summed E-state index contributed by atoms with van der Waals surface area (Å²) in [6.07, 6.45) is 0. The number of ether oxygens (including phenoxy) is 1. The Morgan fingerprint density at radius 3 is 2.42 bits per heavy atom. The van der Waals surface area contributed by atoms with Crippen LogP contribution in [0.25, 0.3) is 0 Å². The van der Waals surface area contributed by atoms with Gasteiger partial charge in [-0.1, -0.05) is 30.3 Å². The molecule has 0 amide bonds. The Morgan fingerprint density at radius 1 is 1.16 bits per heavy atom. The predicted molar refractivity (Wildman–Crippen MR) is 75.4 cm³/mol. The molecule has 2 aromatic carbocycles. The van der Waals surface area contributed by atoms with Crippen molar-refractivity contribution in [3.05, 3.63) is 65.2 Å². The summed E-state index contributed by atoms with van der Waals surface area (Å²) in [6, 6.07) is 14.1. The second kappa shape index (κ2) is 5.67. The zero-order valence-corrected chi connectivity index (χ0v) is 11.1. The van der Waals surface area contributed by atoms with Crippen LogP contribution in [0, 0.1) is 6.92 Å². The van der Waals surface area contributed by atoms with E-state index in [0.717, 1.165) is 16.9 Å². The van der Waals surface area contributed by atoms with Gasteiger partial charge in [-0.25, -0.2) is 0 Å². The molecule has 0 aliphatic heterocycles. The van der Waals surface area contributed by atoms with Crippen molar-refractivity contribution in [1.29, 1.82) is 0 Å². The van der Waals surface area contributed by atoms with Crippen molar-refractivity contribution in [3.8, 4) is 5.75 Å². The van der Waals surface area contributed by atoms with E-state index in [1.807, 2.05) is 43.3 Å². The summed E-state index contributed by atoms with van der Waals surface area (Å²) in [5.74, 6) is 0.661. The Kier molecular flexibility index (Phi) is 3.97. The van der Waals surface area contributed by atoms with E-state index in [9.17, 15) is 4.79 Å². The van der Waals surface area contributed by atoms with Gasteiger partial charge in [0, 0.05) is 5.56 Å². The number of methoxy groups -OCH3 is 1. The molecule has 98 valence electrons. The van der Waals surface area contributed by atoms with E-state index in [4.69, 9.17) is 10.5 Å². The molecule has 0 aliphatic carbocycles. The van der Waals surface area contributed by atoms with Crippen LogP contribution in [0.4, 0.5) is 0 Å². The summed E-state index contributed by atoms with van der Waals surface area (Å²) in [4.78, 5) is 12.4. The van der Waals surface area contributed by atoms with E-state index in [2.05, 4.69) is 0 Å². The highest BCUT2D eigenvalue weighted by molar-refractivity contribution is 6.01. The van der Waals surface area contributed by atoms with Gasteiger partial charge in [-0.15, -0.1) is 0 Å². The minimum absolute atomic E-state index is 0.0775. The lowest BCUT2D eigenvalue weighted by Gasteiger charge is -2.13. The Bertz CT molecular complexity index is 579. The van der Waals surface area contributed by atoms with Crippen LogP contribution in [0.2, 0.25) is 0 Å². The molecule has 2 N–H and O–H groups in total. The van der Waals surface area contributed by atoms with Crippen LogP contribution < -0.4 is 10.5 Å². The van der Waals surface area contributed by atoms with Gasteiger partial charge < -0.3 is 10.5 Å². The summed E-state index contributed by atoms with van der Waals surface area (Å²) in [7, 11) is 1.60. The second-order valence-corrected chi connectivity index (χ2v) is 4.43. The van der Waals surface area contributed by atoms with Crippen LogP contribution in [-0.2, 0) is 0 Å². The molecule has 0 unspecified atom stereocenters. The van der Waals surface area contributed by atoms with Crippen molar-refractivity contribution in [2.75, 3.05) is 7.11 Å². The summed E-state index contributed by atoms with van der Waals surface area (Å²) in [5.41, 5.74) is 8.36. The zero-order chi connectivity index (χ0) is 13.8. The molecule has 19 heavy (non-hydrogen) atoms. The topological polar surface area (TPSA) is 52.3 Å². The molecule has 2 aromatic rings. The van der Waals surface area contributed by atoms with Crippen LogP contribution >= 0.6 is 0 Å². The summed E-state index contributed by atoms with van der Waals surface area (Å²) in [5, 5.41) is 0. The van der Waals surface area contributed by atoms with Crippen LogP contribution in [-0.4, -0.2) is 12.9 Å². The smallest absolute Gasteiger partial charge is 0.184 e. The first-order valence-corrected chi connectivity index (χ1v) is 6.13. The van der Waals surface area contributed by atoms with Crippen molar-refractivity contribution < 1.29 is 9.53 Å². The molecule has 0 saturated heterocycles. The molecule has 0 bridgehead atoms. The van der Waals surface area contributed by atoms with Crippen molar-refractivity contribution in [2.45, 2.75) is 13.0 Å². The van der Waals surface area contributed by atoms with E-state index in [0.29, 0.717) is 5.56 Å². The maximum atomic E-state index is 12.4. The molecule has 2 rings (SSSR count). The van der Waals surface area contributed by atoms with Gasteiger partial charge in [-0.3, -0.25) is 4.79 Å². The normalized spacial score (nSPS) is 11.9. The van der Waals surface area contributed by atoms with Crippen LogP contribution in [0.3, 0.4) is 0 Å². The van der Waals surface area contributed by atoms with E-state index >= 15 is 0 Å². The van der Waals surface area contributed by atoms with Crippen LogP contribution in [0.5, 0.6) is 5.75 Å². The number of carbonyl (C=O) groups is 1. The van der Waals surface area contributed by atoms with Crippen LogP contribution in [0.1, 0.15) is 27.5 Å². The molecule has 0 aromatic heterocycles. The minimum Gasteiger partial charge on any atom is -0.497 e. The van der Waals surface area contributed by atoms with Gasteiger partial charge in [0.25, 0.3) is 0 Å². The van der Waals surface area contributed by atoms with Crippen molar-refractivity contribution in [1.82, 2.24) is 0 Å². The molecule has 0 fully saturated rings. The fourth-order valence-corrected chi connectivity index (χ4v) is 2.02. The molecule has 3 nitrogen and oxygen atoms in total. The quantitative estimate of drug-likeness (QED) is 0.855. The van der Waals surface area contributed by atoms with Gasteiger partial charge in [-0.2, -0.15) is 0 Å². The number of ketones is 1. The predicted octanol–water partition coefficient (Wildman–Crippen LogP) is 2.89. The van der Waals surface area contributed by atoms with Gasteiger partial charge in [0.1, 0.15) is 5.75 Å². The van der Waals surface area contributed by atoms with Gasteiger partial charge in [-0.05, 0) is 36.2 Å². The number of nitrogens with two attached hydrogens (primary N) is 1. The number of benzene rings is 2. The lowest BCUT2D eigenvalue weighted by molar-refractivity contribution is 0.0960. The molecule has 3 heteroatoms. The Balaban J connectivity index is 2.29. The van der Waals surface area contributed by atoms with Crippen molar-refractivity contribution >= 4 is 5.78 Å². The maximum absolute atomic E-state index is 12.4. The molecule has 1 atom stereocenters. The highest BCUT2D eigenvalue weighted by Gasteiger charge is 2.19. The highest BCUT2D eigenvalue weighted by Crippen LogP contribution is 2.22. The van der Waals surface area contributed by atoms with Crippen molar-refractivity contribution in [2.24, 2.45) is 5.73 Å². The van der Waals surface area contributed by atoms with Gasteiger partial charge in [0.15, 0.2) is 5.78 Å².